The predicted octanol–water partition coefficient (Wildman–Crippen LogP) is 1.17. The van der Waals surface area contributed by atoms with E-state index in [4.69, 9.17) is 16.3 Å². The predicted molar refractivity (Wildman–Crippen MR) is 76.3 cm³/mol. The van der Waals surface area contributed by atoms with Crippen LogP contribution in [0.5, 0.6) is 0 Å². The molecule has 1 aromatic heterocycles. The van der Waals surface area contributed by atoms with Crippen LogP contribution >= 0.6 is 11.6 Å². The molecular formula is C12H20ClN3O3S. The number of nitrogens with zero attached hydrogens (tertiary/aromatic N) is 3. The zero-order chi connectivity index (χ0) is 14.6. The molecule has 6 nitrogen and oxygen atoms in total. The average molecular weight is 322 g/mol. The average Bonchev–Trinajstić information content (AvgIpc) is 3.06. The first-order valence-electron chi connectivity index (χ1n) is 6.65. The molecule has 114 valence electrons. The minimum absolute atomic E-state index is 0.255. The second-order valence-corrected chi connectivity index (χ2v) is 7.27. The number of alkyl halides is 1. The van der Waals surface area contributed by atoms with Crippen LogP contribution in [0.1, 0.15) is 12.8 Å². The summed E-state index contributed by atoms with van der Waals surface area (Å²) in [4.78, 5) is 0.255. The van der Waals surface area contributed by atoms with Gasteiger partial charge in [0, 0.05) is 38.8 Å². The van der Waals surface area contributed by atoms with Crippen LogP contribution in [0.2, 0.25) is 0 Å². The third kappa shape index (κ3) is 3.52. The van der Waals surface area contributed by atoms with Gasteiger partial charge in [-0.25, -0.2) is 8.42 Å². The molecule has 0 N–H and O–H groups in total. The van der Waals surface area contributed by atoms with Gasteiger partial charge in [0.25, 0.3) is 0 Å². The van der Waals surface area contributed by atoms with Crippen LogP contribution in [0.4, 0.5) is 0 Å². The Labute approximate surface area is 124 Å². The lowest BCUT2D eigenvalue weighted by atomic mass is 10.1. The van der Waals surface area contributed by atoms with Gasteiger partial charge >= 0.3 is 0 Å². The molecule has 8 heteroatoms. The van der Waals surface area contributed by atoms with Crippen molar-refractivity contribution in [1.82, 2.24) is 14.1 Å². The number of aryl methyl sites for hydroxylation is 1. The number of sulfonamides is 1. The highest BCUT2D eigenvalue weighted by Crippen LogP contribution is 2.24. The number of rotatable bonds is 7. The first-order chi connectivity index (χ1) is 9.57. The second-order valence-electron chi connectivity index (χ2n) is 4.95. The summed E-state index contributed by atoms with van der Waals surface area (Å²) in [5.41, 5.74) is 0. The Morgan fingerprint density at radius 3 is 3.05 bits per heavy atom. The van der Waals surface area contributed by atoms with Crippen molar-refractivity contribution >= 4 is 21.6 Å². The maximum absolute atomic E-state index is 12.5. The highest BCUT2D eigenvalue weighted by molar-refractivity contribution is 7.89. The van der Waals surface area contributed by atoms with Crippen LogP contribution in [0.25, 0.3) is 0 Å². The first-order valence-corrected chi connectivity index (χ1v) is 8.63. The molecule has 1 aliphatic heterocycles. The summed E-state index contributed by atoms with van der Waals surface area (Å²) in [6.07, 6.45) is 4.59. The van der Waals surface area contributed by atoms with Gasteiger partial charge in [0.05, 0.1) is 12.8 Å². The minimum Gasteiger partial charge on any atom is -0.384 e. The SMILES string of the molecule is COCC1CCN(S(=O)(=O)c2cnn(CCCCl)c2)C1. The molecule has 2 heterocycles. The summed E-state index contributed by atoms with van der Waals surface area (Å²) < 4.78 is 33.2. The molecule has 1 fully saturated rings. The Morgan fingerprint density at radius 1 is 1.55 bits per heavy atom. The molecule has 1 aromatic rings. The molecule has 0 amide bonds. The van der Waals surface area contributed by atoms with Crippen LogP contribution in [0, 0.1) is 5.92 Å². The Kier molecular flexibility index (Phi) is 5.42. The lowest BCUT2D eigenvalue weighted by Crippen LogP contribution is -2.29. The van der Waals surface area contributed by atoms with E-state index in [-0.39, 0.29) is 10.8 Å². The zero-order valence-corrected chi connectivity index (χ0v) is 13.1. The van der Waals surface area contributed by atoms with Gasteiger partial charge in [-0.1, -0.05) is 0 Å². The molecule has 1 saturated heterocycles. The molecule has 0 spiro atoms. The topological polar surface area (TPSA) is 64.4 Å². The summed E-state index contributed by atoms with van der Waals surface area (Å²) in [7, 11) is -1.80. The molecule has 0 bridgehead atoms. The maximum Gasteiger partial charge on any atom is 0.246 e. The number of halogens is 1. The Balaban J connectivity index is 2.05. The molecular weight excluding hydrogens is 302 g/mol. The standard InChI is InChI=1S/C12H20ClN3O3S/c1-19-10-11-3-6-16(8-11)20(17,18)12-7-14-15(9-12)5-2-4-13/h7,9,11H,2-6,8,10H2,1H3. The van der Waals surface area contributed by atoms with Gasteiger partial charge in [-0.3, -0.25) is 4.68 Å². The van der Waals surface area contributed by atoms with Crippen LogP contribution < -0.4 is 0 Å². The molecule has 2 rings (SSSR count). The van der Waals surface area contributed by atoms with Crippen molar-refractivity contribution in [3.05, 3.63) is 12.4 Å². The van der Waals surface area contributed by atoms with E-state index in [1.54, 1.807) is 18.0 Å². The molecule has 0 radical (unpaired) electrons. The quantitative estimate of drug-likeness (QED) is 0.707. The molecule has 0 aliphatic carbocycles. The van der Waals surface area contributed by atoms with E-state index in [0.29, 0.717) is 32.1 Å². The fourth-order valence-electron chi connectivity index (χ4n) is 2.36. The Morgan fingerprint density at radius 2 is 2.35 bits per heavy atom. The van der Waals surface area contributed by atoms with E-state index in [1.807, 2.05) is 0 Å². The number of hydrogen-bond donors (Lipinski definition) is 0. The lowest BCUT2D eigenvalue weighted by Gasteiger charge is -2.15. The Bertz CT molecular complexity index is 532. The third-order valence-corrected chi connectivity index (χ3v) is 5.50. The second kappa shape index (κ2) is 6.89. The highest BCUT2D eigenvalue weighted by Gasteiger charge is 2.33. The van der Waals surface area contributed by atoms with Gasteiger partial charge in [0.2, 0.25) is 10.0 Å². The van der Waals surface area contributed by atoms with E-state index < -0.39 is 10.0 Å². The van der Waals surface area contributed by atoms with Gasteiger partial charge in [0.1, 0.15) is 4.90 Å². The number of methoxy groups -OCH3 is 1. The summed E-state index contributed by atoms with van der Waals surface area (Å²) in [6, 6.07) is 0. The van der Waals surface area contributed by atoms with E-state index in [0.717, 1.165) is 12.8 Å². The fourth-order valence-corrected chi connectivity index (χ4v) is 3.96. The Hall–Kier alpha value is -0.630. The lowest BCUT2D eigenvalue weighted by molar-refractivity contribution is 0.157. The minimum atomic E-state index is -3.43. The molecule has 1 atom stereocenters. The number of aromatic nitrogens is 2. The smallest absolute Gasteiger partial charge is 0.246 e. The molecule has 1 unspecified atom stereocenters. The van der Waals surface area contributed by atoms with Crippen molar-refractivity contribution in [2.24, 2.45) is 5.92 Å². The van der Waals surface area contributed by atoms with E-state index in [2.05, 4.69) is 5.10 Å². The monoisotopic (exact) mass is 321 g/mol. The van der Waals surface area contributed by atoms with Crippen molar-refractivity contribution in [3.63, 3.8) is 0 Å². The van der Waals surface area contributed by atoms with Gasteiger partial charge < -0.3 is 4.74 Å². The molecule has 0 saturated carbocycles. The summed E-state index contributed by atoms with van der Waals surface area (Å²) >= 11 is 5.62. The van der Waals surface area contributed by atoms with Gasteiger partial charge in [-0.2, -0.15) is 9.40 Å². The van der Waals surface area contributed by atoms with Crippen molar-refractivity contribution in [3.8, 4) is 0 Å². The highest BCUT2D eigenvalue weighted by atomic mass is 35.5. The van der Waals surface area contributed by atoms with E-state index in [1.165, 1.54) is 10.5 Å². The fraction of sp³-hybridized carbons (Fsp3) is 0.750. The summed E-state index contributed by atoms with van der Waals surface area (Å²) in [6.45, 7) is 2.29. The van der Waals surface area contributed by atoms with Crippen LogP contribution in [-0.4, -0.2) is 55.2 Å². The van der Waals surface area contributed by atoms with Crippen molar-refractivity contribution in [2.45, 2.75) is 24.3 Å². The number of ether oxygens (including phenoxy) is 1. The van der Waals surface area contributed by atoms with Crippen molar-refractivity contribution < 1.29 is 13.2 Å². The van der Waals surface area contributed by atoms with Crippen LogP contribution in [0.3, 0.4) is 0 Å². The van der Waals surface area contributed by atoms with E-state index in [9.17, 15) is 8.42 Å². The normalized spacial score (nSPS) is 20.6. The van der Waals surface area contributed by atoms with Gasteiger partial charge in [-0.15, -0.1) is 11.6 Å². The molecule has 20 heavy (non-hydrogen) atoms. The summed E-state index contributed by atoms with van der Waals surface area (Å²) in [5, 5.41) is 4.07. The van der Waals surface area contributed by atoms with Crippen molar-refractivity contribution in [2.75, 3.05) is 32.7 Å². The van der Waals surface area contributed by atoms with Crippen LogP contribution in [-0.2, 0) is 21.3 Å². The zero-order valence-electron chi connectivity index (χ0n) is 11.5. The first kappa shape index (κ1) is 15.8. The molecule has 1 aliphatic rings. The van der Waals surface area contributed by atoms with Crippen molar-refractivity contribution in [1.29, 1.82) is 0 Å². The molecule has 0 aromatic carbocycles. The van der Waals surface area contributed by atoms with Gasteiger partial charge in [-0.05, 0) is 18.8 Å². The maximum atomic E-state index is 12.5. The third-order valence-electron chi connectivity index (χ3n) is 3.42. The van der Waals surface area contributed by atoms with Crippen LogP contribution in [0.15, 0.2) is 17.3 Å². The number of hydrogen-bond acceptors (Lipinski definition) is 4. The van der Waals surface area contributed by atoms with E-state index >= 15 is 0 Å². The summed E-state index contributed by atoms with van der Waals surface area (Å²) in [5.74, 6) is 0.813. The van der Waals surface area contributed by atoms with Gasteiger partial charge in [0.15, 0.2) is 0 Å². The largest absolute Gasteiger partial charge is 0.384 e.